The number of rotatable bonds is 3. The van der Waals surface area contributed by atoms with Crippen molar-refractivity contribution in [3.05, 3.63) is 52.6 Å². The Morgan fingerprint density at radius 1 is 1.25 bits per heavy atom. The third-order valence-electron chi connectivity index (χ3n) is 2.73. The maximum absolute atomic E-state index is 13.7. The molecule has 1 aromatic carbocycles. The molecule has 0 aliphatic rings. The number of benzene rings is 1. The van der Waals surface area contributed by atoms with Crippen molar-refractivity contribution in [3.63, 3.8) is 0 Å². The summed E-state index contributed by atoms with van der Waals surface area (Å²) in [5.41, 5.74) is 1.39. The minimum Gasteiger partial charge on any atom is -0.276 e. The molecular weight excluding hydrogens is 303 g/mol. The first kappa shape index (κ1) is 14.7. The summed E-state index contributed by atoms with van der Waals surface area (Å²) in [6.45, 7) is 3.36. The number of pyridine rings is 1. The molecule has 2 aromatic rings. The molecule has 0 atom stereocenters. The standard InChI is InChI=1S/C13H12ClFN2O2S/c1-8-3-4-10(15)11(7-8)20(18,19)17-12-9(2)5-6-16-13(12)14/h3-7,17H,1-2H3. The van der Waals surface area contributed by atoms with Gasteiger partial charge in [-0.05, 0) is 43.2 Å². The van der Waals surface area contributed by atoms with Gasteiger partial charge in [-0.25, -0.2) is 17.8 Å². The lowest BCUT2D eigenvalue weighted by Gasteiger charge is -2.12. The SMILES string of the molecule is Cc1ccc(F)c(S(=O)(=O)Nc2c(C)ccnc2Cl)c1. The molecule has 0 amide bonds. The Morgan fingerprint density at radius 3 is 2.60 bits per heavy atom. The predicted octanol–water partition coefficient (Wildman–Crippen LogP) is 3.29. The summed E-state index contributed by atoms with van der Waals surface area (Å²) in [4.78, 5) is 3.38. The van der Waals surface area contributed by atoms with Crippen LogP contribution in [0.3, 0.4) is 0 Å². The van der Waals surface area contributed by atoms with Crippen LogP contribution < -0.4 is 4.72 Å². The third kappa shape index (κ3) is 2.91. The zero-order chi connectivity index (χ0) is 14.9. The molecule has 0 aliphatic heterocycles. The van der Waals surface area contributed by atoms with E-state index in [1.165, 1.54) is 18.3 Å². The summed E-state index contributed by atoms with van der Waals surface area (Å²) in [7, 11) is -4.06. The highest BCUT2D eigenvalue weighted by Crippen LogP contribution is 2.27. The Balaban J connectivity index is 2.49. The van der Waals surface area contributed by atoms with E-state index in [-0.39, 0.29) is 10.8 Å². The topological polar surface area (TPSA) is 59.1 Å². The number of anilines is 1. The van der Waals surface area contributed by atoms with Crippen LogP contribution in [0.15, 0.2) is 35.4 Å². The van der Waals surface area contributed by atoms with Crippen molar-refractivity contribution < 1.29 is 12.8 Å². The molecule has 106 valence electrons. The van der Waals surface area contributed by atoms with Gasteiger partial charge in [0, 0.05) is 6.20 Å². The molecule has 0 radical (unpaired) electrons. The number of nitrogens with zero attached hydrogens (tertiary/aromatic N) is 1. The third-order valence-corrected chi connectivity index (χ3v) is 4.38. The number of hydrogen-bond donors (Lipinski definition) is 1. The Hall–Kier alpha value is -1.66. The van der Waals surface area contributed by atoms with Gasteiger partial charge in [0.1, 0.15) is 10.7 Å². The highest BCUT2D eigenvalue weighted by atomic mass is 35.5. The summed E-state index contributed by atoms with van der Waals surface area (Å²) in [5, 5.41) is 0.0154. The highest BCUT2D eigenvalue weighted by Gasteiger charge is 2.21. The van der Waals surface area contributed by atoms with Gasteiger partial charge in [-0.2, -0.15) is 0 Å². The van der Waals surface area contributed by atoms with Gasteiger partial charge in [0.05, 0.1) is 5.69 Å². The molecule has 4 nitrogen and oxygen atoms in total. The fraction of sp³-hybridized carbons (Fsp3) is 0.154. The number of aryl methyl sites for hydroxylation is 2. The van der Waals surface area contributed by atoms with E-state index in [0.717, 1.165) is 6.07 Å². The molecule has 0 aliphatic carbocycles. The van der Waals surface area contributed by atoms with Crippen LogP contribution >= 0.6 is 11.6 Å². The van der Waals surface area contributed by atoms with E-state index in [2.05, 4.69) is 9.71 Å². The molecule has 0 saturated carbocycles. The Morgan fingerprint density at radius 2 is 1.95 bits per heavy atom. The van der Waals surface area contributed by atoms with Crippen LogP contribution in [-0.2, 0) is 10.0 Å². The van der Waals surface area contributed by atoms with E-state index in [0.29, 0.717) is 11.1 Å². The molecule has 0 unspecified atom stereocenters. The van der Waals surface area contributed by atoms with Crippen LogP contribution in [0.1, 0.15) is 11.1 Å². The first-order chi connectivity index (χ1) is 9.31. The van der Waals surface area contributed by atoms with Gasteiger partial charge in [0.2, 0.25) is 0 Å². The van der Waals surface area contributed by atoms with E-state index in [4.69, 9.17) is 11.6 Å². The average Bonchev–Trinajstić information content (AvgIpc) is 2.37. The van der Waals surface area contributed by atoms with Crippen molar-refractivity contribution in [1.82, 2.24) is 4.98 Å². The van der Waals surface area contributed by atoms with Crippen molar-refractivity contribution in [2.45, 2.75) is 18.7 Å². The average molecular weight is 315 g/mol. The van der Waals surface area contributed by atoms with Gasteiger partial charge >= 0.3 is 0 Å². The lowest BCUT2D eigenvalue weighted by atomic mass is 10.2. The van der Waals surface area contributed by atoms with Crippen molar-refractivity contribution in [3.8, 4) is 0 Å². The van der Waals surface area contributed by atoms with Crippen LogP contribution in [0, 0.1) is 19.7 Å². The Kier molecular flexibility index (Phi) is 3.96. The molecule has 1 aromatic heterocycles. The molecule has 2 rings (SSSR count). The minimum absolute atomic E-state index is 0.0154. The largest absolute Gasteiger partial charge is 0.276 e. The number of aromatic nitrogens is 1. The van der Waals surface area contributed by atoms with Crippen LogP contribution in [0.2, 0.25) is 5.15 Å². The summed E-state index contributed by atoms with van der Waals surface area (Å²) < 4.78 is 40.5. The second kappa shape index (κ2) is 5.38. The van der Waals surface area contributed by atoms with Crippen molar-refractivity contribution in [1.29, 1.82) is 0 Å². The zero-order valence-corrected chi connectivity index (χ0v) is 12.4. The quantitative estimate of drug-likeness (QED) is 0.884. The molecule has 0 bridgehead atoms. The highest BCUT2D eigenvalue weighted by molar-refractivity contribution is 7.92. The van der Waals surface area contributed by atoms with Gasteiger partial charge in [-0.15, -0.1) is 0 Å². The van der Waals surface area contributed by atoms with Crippen LogP contribution in [0.25, 0.3) is 0 Å². The first-order valence-corrected chi connectivity index (χ1v) is 7.57. The van der Waals surface area contributed by atoms with E-state index < -0.39 is 20.7 Å². The zero-order valence-electron chi connectivity index (χ0n) is 10.8. The van der Waals surface area contributed by atoms with Gasteiger partial charge in [-0.3, -0.25) is 4.72 Å². The summed E-state index contributed by atoms with van der Waals surface area (Å²) >= 11 is 5.86. The van der Waals surface area contributed by atoms with Crippen molar-refractivity contribution in [2.24, 2.45) is 0 Å². The second-order valence-electron chi connectivity index (χ2n) is 4.33. The predicted molar refractivity (Wildman–Crippen MR) is 75.9 cm³/mol. The summed E-state index contributed by atoms with van der Waals surface area (Å²) in [6.07, 6.45) is 1.46. The van der Waals surface area contributed by atoms with Crippen molar-refractivity contribution >= 4 is 27.3 Å². The van der Waals surface area contributed by atoms with Crippen LogP contribution in [0.4, 0.5) is 10.1 Å². The Labute approximate surface area is 121 Å². The van der Waals surface area contributed by atoms with E-state index in [9.17, 15) is 12.8 Å². The number of sulfonamides is 1. The monoisotopic (exact) mass is 314 g/mol. The van der Waals surface area contributed by atoms with Gasteiger partial charge in [0.25, 0.3) is 10.0 Å². The molecular formula is C13H12ClFN2O2S. The van der Waals surface area contributed by atoms with E-state index in [1.807, 2.05) is 0 Å². The summed E-state index contributed by atoms with van der Waals surface area (Å²) in [6, 6.07) is 5.48. The van der Waals surface area contributed by atoms with Gasteiger partial charge in [-0.1, -0.05) is 17.7 Å². The van der Waals surface area contributed by atoms with Gasteiger partial charge in [0.15, 0.2) is 5.15 Å². The fourth-order valence-corrected chi connectivity index (χ4v) is 3.26. The molecule has 0 spiro atoms. The maximum Gasteiger partial charge on any atom is 0.264 e. The van der Waals surface area contributed by atoms with Crippen molar-refractivity contribution in [2.75, 3.05) is 4.72 Å². The van der Waals surface area contributed by atoms with E-state index in [1.54, 1.807) is 19.9 Å². The minimum atomic E-state index is -4.06. The second-order valence-corrected chi connectivity index (χ2v) is 6.34. The molecule has 0 saturated heterocycles. The lowest BCUT2D eigenvalue weighted by Crippen LogP contribution is -2.16. The molecule has 20 heavy (non-hydrogen) atoms. The molecule has 1 heterocycles. The normalized spacial score (nSPS) is 11.4. The lowest BCUT2D eigenvalue weighted by molar-refractivity contribution is 0.570. The number of halogens is 2. The van der Waals surface area contributed by atoms with Gasteiger partial charge < -0.3 is 0 Å². The Bertz CT molecular complexity index is 743. The molecule has 1 N–H and O–H groups in total. The molecule has 7 heteroatoms. The number of nitrogens with one attached hydrogen (secondary N) is 1. The fourth-order valence-electron chi connectivity index (χ4n) is 1.65. The van der Waals surface area contributed by atoms with Crippen LogP contribution in [0.5, 0.6) is 0 Å². The first-order valence-electron chi connectivity index (χ1n) is 5.71. The maximum atomic E-state index is 13.7. The summed E-state index contributed by atoms with van der Waals surface area (Å²) in [5.74, 6) is -0.819. The smallest absolute Gasteiger partial charge is 0.264 e. The van der Waals surface area contributed by atoms with Crippen LogP contribution in [-0.4, -0.2) is 13.4 Å². The molecule has 0 fully saturated rings. The number of hydrogen-bond acceptors (Lipinski definition) is 3. The van der Waals surface area contributed by atoms with E-state index >= 15 is 0 Å².